The van der Waals surface area contributed by atoms with E-state index >= 15 is 0 Å². The normalized spacial score (nSPS) is 7.37. The number of thioether (sulfide) groups is 1. The summed E-state index contributed by atoms with van der Waals surface area (Å²) in [6.07, 6.45) is 1.87. The summed E-state index contributed by atoms with van der Waals surface area (Å²) in [4.78, 5) is 121. The molecule has 1 N–H and O–H groups in total. The molecule has 0 aromatic rings. The Labute approximate surface area is 313 Å². The van der Waals surface area contributed by atoms with Crippen LogP contribution in [0.1, 0.15) is 145 Å². The van der Waals surface area contributed by atoms with Crippen LogP contribution < -0.4 is 5.32 Å². The van der Waals surface area contributed by atoms with Gasteiger partial charge in [0.25, 0.3) is 0 Å². The molecule has 0 radical (unpaired) electrons. The van der Waals surface area contributed by atoms with Crippen molar-refractivity contribution in [3.8, 4) is 0 Å². The third kappa shape index (κ3) is 132. The molecule has 0 aliphatic heterocycles. The van der Waals surface area contributed by atoms with E-state index in [0.29, 0.717) is 0 Å². The molecule has 0 spiro atoms. The average Bonchev–Trinajstić information content (AvgIpc) is 2.82. The van der Waals surface area contributed by atoms with Crippen LogP contribution in [-0.4, -0.2) is 89.5 Å². The van der Waals surface area contributed by atoms with Gasteiger partial charge in [0.2, 0.25) is 5.91 Å². The highest BCUT2D eigenvalue weighted by molar-refractivity contribution is 8.13. The van der Waals surface area contributed by atoms with Gasteiger partial charge in [-0.3, -0.25) is 57.5 Å². The van der Waals surface area contributed by atoms with Gasteiger partial charge < -0.3 is 10.1 Å². The molecule has 1 amide bonds. The minimum absolute atomic E-state index is 0. The van der Waals surface area contributed by atoms with Crippen LogP contribution in [0.2, 0.25) is 0 Å². The summed E-state index contributed by atoms with van der Waals surface area (Å²) < 4.78 is 4.20. The Kier molecular flexibility index (Phi) is 88.2. The number of methoxy groups -OCH3 is 1. The quantitative estimate of drug-likeness (QED) is 0.173. The fourth-order valence-electron chi connectivity index (χ4n) is 1.92. The molecule has 0 aromatic heterocycles. The molecule has 0 heterocycles. The summed E-state index contributed by atoms with van der Waals surface area (Å²) in [5, 5.41) is 2.28. The van der Waals surface area contributed by atoms with Crippen molar-refractivity contribution in [3.63, 3.8) is 0 Å². The minimum Gasteiger partial charge on any atom is -0.469 e. The molecule has 51 heavy (non-hydrogen) atoms. The molecule has 0 saturated carbocycles. The second-order valence-corrected chi connectivity index (χ2v) is 10.1. The number of amides is 1. The number of rotatable bonds is 12. The first-order valence-electron chi connectivity index (χ1n) is 13.2. The van der Waals surface area contributed by atoms with Crippen molar-refractivity contribution in [2.24, 2.45) is 0 Å². The first kappa shape index (κ1) is 81.2. The predicted octanol–water partition coefficient (Wildman–Crippen LogP) is 6.19. The van der Waals surface area contributed by atoms with Gasteiger partial charge in [0.05, 0.1) is 39.2 Å². The van der Waals surface area contributed by atoms with E-state index in [-0.39, 0.29) is 146 Å². The van der Waals surface area contributed by atoms with Gasteiger partial charge in [-0.2, -0.15) is 0 Å². The van der Waals surface area contributed by atoms with E-state index in [1.807, 2.05) is 0 Å². The molecule has 0 atom stereocenters. The lowest BCUT2D eigenvalue weighted by Crippen LogP contribution is -2.19. The number of hydrogen-bond donors (Lipinski definition) is 1. The maximum absolute atomic E-state index is 10.4. The third-order valence-corrected chi connectivity index (χ3v) is 4.02. The first-order chi connectivity index (χ1) is 20.4. The van der Waals surface area contributed by atoms with Gasteiger partial charge in [-0.1, -0.05) is 56.3 Å². The summed E-state index contributed by atoms with van der Waals surface area (Å²) in [5.74, 6) is -1.42. The van der Waals surface area contributed by atoms with E-state index in [1.165, 1.54) is 76.5 Å². The molecule has 0 aliphatic rings. The van der Waals surface area contributed by atoms with Gasteiger partial charge in [-0.15, -0.1) is 0 Å². The SMILES string of the molecule is C.C.C.C.C.C.CC(=O)CC(C)=O.CC(=O)CC(C)=O.CC(=O)CC(C)=O.CNC(=O)CC(C)=O.COC(=O)CC(C)=O.CSC(=O)CC(C)=O. The molecule has 0 fully saturated rings. The Hall–Kier alpha value is -4.01. The van der Waals surface area contributed by atoms with Crippen molar-refractivity contribution in [1.29, 1.82) is 0 Å². The fourth-order valence-corrected chi connectivity index (χ4v) is 2.26. The molecule has 0 unspecified atom stereocenters. The number of nitrogens with one attached hydrogen (secondary N) is 1. The molecule has 15 heteroatoms. The lowest BCUT2D eigenvalue weighted by molar-refractivity contribution is -0.143. The highest BCUT2D eigenvalue weighted by Gasteiger charge is 2.02. The molecule has 0 aromatic carbocycles. The van der Waals surface area contributed by atoms with Crippen molar-refractivity contribution in [2.75, 3.05) is 20.4 Å². The van der Waals surface area contributed by atoms with E-state index in [0.717, 1.165) is 11.8 Å². The molecule has 0 aliphatic carbocycles. The van der Waals surface area contributed by atoms with Gasteiger partial charge in [0, 0.05) is 7.05 Å². The van der Waals surface area contributed by atoms with E-state index in [4.69, 9.17) is 0 Å². The van der Waals surface area contributed by atoms with Crippen molar-refractivity contribution in [2.45, 2.75) is 145 Å². The summed E-state index contributed by atoms with van der Waals surface area (Å²) in [5.41, 5.74) is 0. The van der Waals surface area contributed by atoms with Crippen LogP contribution in [0, 0.1) is 0 Å². The largest absolute Gasteiger partial charge is 0.469 e. The van der Waals surface area contributed by atoms with Crippen LogP contribution in [0.3, 0.4) is 0 Å². The predicted molar refractivity (Wildman–Crippen MR) is 209 cm³/mol. The van der Waals surface area contributed by atoms with Crippen LogP contribution in [0.4, 0.5) is 0 Å². The molecule has 0 rings (SSSR count). The lowest BCUT2D eigenvalue weighted by atomic mass is 10.2. The summed E-state index contributed by atoms with van der Waals surface area (Å²) >= 11 is 1.09. The number of carbonyl (C=O) groups is 12. The topological polar surface area (TPSA) is 226 Å². The number of esters is 1. The smallest absolute Gasteiger partial charge is 0.313 e. The van der Waals surface area contributed by atoms with E-state index in [1.54, 1.807) is 6.26 Å². The van der Waals surface area contributed by atoms with Crippen molar-refractivity contribution >= 4 is 80.8 Å². The van der Waals surface area contributed by atoms with Gasteiger partial charge in [0.15, 0.2) is 5.12 Å². The van der Waals surface area contributed by atoms with Gasteiger partial charge in [-0.05, 0) is 68.6 Å². The van der Waals surface area contributed by atoms with E-state index < -0.39 is 5.97 Å². The fraction of sp³-hybridized carbons (Fsp3) is 0.667. The second-order valence-electron chi connectivity index (χ2n) is 9.20. The lowest BCUT2D eigenvalue weighted by Gasteiger charge is -1.91. The van der Waals surface area contributed by atoms with E-state index in [9.17, 15) is 57.5 Å². The summed E-state index contributed by atoms with van der Waals surface area (Å²) in [6, 6.07) is 0. The third-order valence-electron chi connectivity index (χ3n) is 3.42. The number of ketones is 9. The summed E-state index contributed by atoms with van der Waals surface area (Å²) in [7, 11) is 2.76. The Morgan fingerprint density at radius 2 is 0.627 bits per heavy atom. The maximum Gasteiger partial charge on any atom is 0.313 e. The Bertz CT molecular complexity index is 870. The highest BCUT2D eigenvalue weighted by Crippen LogP contribution is 1.98. The molecular formula is C36H73NO13S. The Morgan fingerprint density at radius 1 is 0.412 bits per heavy atom. The zero-order chi connectivity index (χ0) is 37.3. The van der Waals surface area contributed by atoms with E-state index in [2.05, 4.69) is 10.1 Å². The highest BCUT2D eigenvalue weighted by atomic mass is 32.2. The minimum atomic E-state index is -0.475. The zero-order valence-corrected chi connectivity index (χ0v) is 29.3. The Balaban J connectivity index is -0.0000000350. The van der Waals surface area contributed by atoms with Crippen LogP contribution >= 0.6 is 11.8 Å². The standard InChI is InChI=1S/C5H9NO2.C5H8O3.C5H8O2S.3C5H8O2.6CH4/c1-4(7)3-5(8)6-2;2*1-4(6)3-5(7)8-2;3*1-4(6)3-5(2)7;;;;;;/h3H2,1-2H3,(H,6,8);2*3H2,1-2H3;3*3H2,1-2H3;6*1H4. The van der Waals surface area contributed by atoms with Crippen LogP contribution in [0.5, 0.6) is 0 Å². The number of hydrogen-bond acceptors (Lipinski definition) is 14. The maximum atomic E-state index is 10.4. The van der Waals surface area contributed by atoms with Crippen molar-refractivity contribution in [1.82, 2.24) is 5.32 Å². The Morgan fingerprint density at radius 3 is 0.686 bits per heavy atom. The zero-order valence-electron chi connectivity index (χ0n) is 28.5. The van der Waals surface area contributed by atoms with Crippen LogP contribution in [0.25, 0.3) is 0 Å². The monoisotopic (exact) mass is 759 g/mol. The number of carbonyl (C=O) groups excluding carboxylic acids is 12. The molecule has 14 nitrogen and oxygen atoms in total. The molecule has 306 valence electrons. The van der Waals surface area contributed by atoms with Crippen molar-refractivity contribution < 1.29 is 62.3 Å². The summed E-state index contributed by atoms with van der Waals surface area (Å²) in [6.45, 7) is 12.6. The molecule has 0 saturated heterocycles. The first-order valence-corrected chi connectivity index (χ1v) is 14.4. The molecule has 0 bridgehead atoms. The number of ether oxygens (including phenoxy) is 1. The van der Waals surface area contributed by atoms with Gasteiger partial charge >= 0.3 is 5.97 Å². The van der Waals surface area contributed by atoms with Crippen molar-refractivity contribution in [3.05, 3.63) is 0 Å². The average molecular weight is 760 g/mol. The molecular weight excluding hydrogens is 686 g/mol. The van der Waals surface area contributed by atoms with Crippen LogP contribution in [0.15, 0.2) is 0 Å². The van der Waals surface area contributed by atoms with Gasteiger partial charge in [0.1, 0.15) is 58.5 Å². The van der Waals surface area contributed by atoms with Crippen LogP contribution in [-0.2, 0) is 62.3 Å². The number of Topliss-reactive ketones (excluding diaryl/α,β-unsaturated/α-hetero) is 9. The van der Waals surface area contributed by atoms with Gasteiger partial charge in [-0.25, -0.2) is 0 Å². The second kappa shape index (κ2) is 55.4.